The van der Waals surface area contributed by atoms with Crippen molar-refractivity contribution in [1.82, 2.24) is 4.98 Å². The number of aryl methyl sites for hydroxylation is 2. The molecule has 0 saturated carbocycles. The maximum Gasteiger partial charge on any atom is 0.329 e. The number of rotatable bonds is 2. The van der Waals surface area contributed by atoms with E-state index in [0.717, 1.165) is 39.6 Å². The second-order valence-electron chi connectivity index (χ2n) is 9.51. The third-order valence-electron chi connectivity index (χ3n) is 5.54. The lowest BCUT2D eigenvalue weighted by atomic mass is 10.0. The highest BCUT2D eigenvalue weighted by Crippen LogP contribution is 2.38. The van der Waals surface area contributed by atoms with Crippen molar-refractivity contribution < 1.29 is 14.3 Å². The van der Waals surface area contributed by atoms with Crippen LogP contribution in [0.2, 0.25) is 0 Å². The number of ether oxygens (including phenoxy) is 1. The van der Waals surface area contributed by atoms with Gasteiger partial charge in [0.05, 0.1) is 11.2 Å². The van der Waals surface area contributed by atoms with Crippen LogP contribution in [-0.2, 0) is 16.0 Å². The van der Waals surface area contributed by atoms with Crippen LogP contribution in [0, 0.1) is 13.8 Å². The average Bonchev–Trinajstić information content (AvgIpc) is 3.28. The van der Waals surface area contributed by atoms with Crippen molar-refractivity contribution in [2.75, 3.05) is 4.90 Å². The number of carbonyl (C=O) groups excluding carboxylic acids is 2. The van der Waals surface area contributed by atoms with Gasteiger partial charge in [-0.05, 0) is 70.0 Å². The topological polar surface area (TPSA) is 74.8 Å². The van der Waals surface area contributed by atoms with E-state index in [-0.39, 0.29) is 12.0 Å². The first kappa shape index (κ1) is 22.5. The molecule has 3 aromatic rings. The summed E-state index contributed by atoms with van der Waals surface area (Å²) >= 11 is 0. The molecule has 0 bridgehead atoms. The second-order valence-corrected chi connectivity index (χ2v) is 9.51. The number of aldehydes is 1. The molecule has 0 spiro atoms. The van der Waals surface area contributed by atoms with Crippen molar-refractivity contribution in [1.29, 1.82) is 0 Å². The van der Waals surface area contributed by atoms with Gasteiger partial charge in [0.15, 0.2) is 6.29 Å². The Labute approximate surface area is 194 Å². The average molecular weight is 444 g/mol. The lowest BCUT2D eigenvalue weighted by Gasteiger charge is -2.27. The first-order valence-electron chi connectivity index (χ1n) is 11.0. The number of aromatic amines is 1. The van der Waals surface area contributed by atoms with Crippen LogP contribution >= 0.6 is 0 Å². The molecular weight excluding hydrogens is 414 g/mol. The van der Waals surface area contributed by atoms with E-state index < -0.39 is 5.60 Å². The summed E-state index contributed by atoms with van der Waals surface area (Å²) in [4.78, 5) is 32.4. The number of H-pyrrole nitrogens is 1. The van der Waals surface area contributed by atoms with Crippen LogP contribution in [-0.4, -0.2) is 35.1 Å². The van der Waals surface area contributed by atoms with Gasteiger partial charge in [-0.2, -0.15) is 0 Å². The molecule has 0 saturated heterocycles. The largest absolute Gasteiger partial charge is 0.458 e. The van der Waals surface area contributed by atoms with Gasteiger partial charge < -0.3 is 14.6 Å². The highest BCUT2D eigenvalue weighted by atomic mass is 16.6. The molecule has 2 aromatic carbocycles. The molecule has 1 aromatic heterocycles. The Morgan fingerprint density at radius 2 is 1.94 bits per heavy atom. The van der Waals surface area contributed by atoms with Crippen molar-refractivity contribution in [3.8, 4) is 0 Å². The minimum absolute atomic E-state index is 0.186. The van der Waals surface area contributed by atoms with Gasteiger partial charge in [-0.3, -0.25) is 9.79 Å². The number of aromatic nitrogens is 1. The number of benzene rings is 2. The Balaban J connectivity index is 0.000000183. The van der Waals surface area contributed by atoms with E-state index >= 15 is 0 Å². The summed E-state index contributed by atoms with van der Waals surface area (Å²) in [6.07, 6.45) is 8.84. The molecule has 0 aliphatic carbocycles. The number of hydrogen-bond donors (Lipinski definition) is 1. The molecule has 0 radical (unpaired) electrons. The van der Waals surface area contributed by atoms with Gasteiger partial charge >= 0.3 is 5.97 Å². The summed E-state index contributed by atoms with van der Waals surface area (Å²) in [6, 6.07) is 9.83. The third kappa shape index (κ3) is 4.75. The summed E-state index contributed by atoms with van der Waals surface area (Å²) in [6.45, 7) is 9.73. The van der Waals surface area contributed by atoms with Crippen LogP contribution in [0.25, 0.3) is 10.9 Å². The first-order chi connectivity index (χ1) is 15.7. The van der Waals surface area contributed by atoms with Crippen molar-refractivity contribution in [2.24, 2.45) is 4.99 Å². The lowest BCUT2D eigenvalue weighted by Crippen LogP contribution is -2.40. The number of fused-ring (bicyclic) bond motifs is 1. The summed E-state index contributed by atoms with van der Waals surface area (Å²) in [5.41, 5.74) is 6.79. The molecule has 2 aliphatic rings. The van der Waals surface area contributed by atoms with Gasteiger partial charge in [0.2, 0.25) is 0 Å². The van der Waals surface area contributed by atoms with Gasteiger partial charge in [0.1, 0.15) is 11.6 Å². The van der Waals surface area contributed by atoms with Crippen LogP contribution in [0.3, 0.4) is 0 Å². The molecule has 6 nitrogen and oxygen atoms in total. The Morgan fingerprint density at radius 1 is 1.18 bits per heavy atom. The molecule has 2 aliphatic heterocycles. The fraction of sp³-hybridized carbons (Fsp3) is 0.296. The predicted octanol–water partition coefficient (Wildman–Crippen LogP) is 5.26. The number of hydrogen-bond acceptors (Lipinski definition) is 5. The van der Waals surface area contributed by atoms with Crippen LogP contribution in [0.5, 0.6) is 0 Å². The molecule has 6 heteroatoms. The van der Waals surface area contributed by atoms with E-state index in [2.05, 4.69) is 35.1 Å². The minimum atomic E-state index is -0.476. The zero-order valence-corrected chi connectivity index (χ0v) is 19.7. The monoisotopic (exact) mass is 443 g/mol. The van der Waals surface area contributed by atoms with Gasteiger partial charge in [0.25, 0.3) is 0 Å². The predicted molar refractivity (Wildman–Crippen MR) is 132 cm³/mol. The Morgan fingerprint density at radius 3 is 2.67 bits per heavy atom. The Kier molecular flexibility index (Phi) is 5.93. The summed E-state index contributed by atoms with van der Waals surface area (Å²) in [7, 11) is 0. The molecule has 5 rings (SSSR count). The molecule has 170 valence electrons. The minimum Gasteiger partial charge on any atom is -0.458 e. The van der Waals surface area contributed by atoms with Crippen molar-refractivity contribution in [3.05, 3.63) is 76.7 Å². The number of nitrogens with one attached hydrogen (secondary N) is 1. The third-order valence-corrected chi connectivity index (χ3v) is 5.54. The number of nitrogens with zero attached hydrogens (tertiary/aromatic N) is 2. The standard InChI is InChI=1S/C17H20N2O2.C10H9NO/c1-11-7-12-9-14(16(20)21-17(2,3)4)19-6-5-18-10-13(8-11)15(12)19;1-7-4-8-2-3-11-10(8)9(5-7)6-12/h5-8,10,14H,9H2,1-4H3;2-6,11H,1H3. The molecule has 1 N–H and O–H groups in total. The molecule has 1 atom stereocenters. The van der Waals surface area contributed by atoms with Gasteiger partial charge in [-0.15, -0.1) is 0 Å². The molecule has 33 heavy (non-hydrogen) atoms. The Bertz CT molecular complexity index is 1280. The highest BCUT2D eigenvalue weighted by molar-refractivity contribution is 5.97. The normalized spacial score (nSPS) is 16.2. The van der Waals surface area contributed by atoms with E-state index in [1.165, 1.54) is 11.1 Å². The maximum atomic E-state index is 12.5. The van der Waals surface area contributed by atoms with E-state index in [1.54, 1.807) is 6.20 Å². The maximum absolute atomic E-state index is 12.5. The van der Waals surface area contributed by atoms with Crippen LogP contribution in [0.1, 0.15) is 53.4 Å². The van der Waals surface area contributed by atoms with Gasteiger partial charge in [-0.25, -0.2) is 4.79 Å². The lowest BCUT2D eigenvalue weighted by molar-refractivity contribution is -0.156. The Hall–Kier alpha value is -3.67. The fourth-order valence-electron chi connectivity index (χ4n) is 4.34. The van der Waals surface area contributed by atoms with E-state index in [1.807, 2.05) is 63.3 Å². The van der Waals surface area contributed by atoms with Crippen LogP contribution in [0.4, 0.5) is 5.69 Å². The zero-order valence-electron chi connectivity index (χ0n) is 19.7. The van der Waals surface area contributed by atoms with Crippen LogP contribution in [0.15, 0.2) is 53.9 Å². The molecular formula is C27H29N3O3. The van der Waals surface area contributed by atoms with Crippen molar-refractivity contribution >= 4 is 35.1 Å². The number of aliphatic imine (C=N–C) groups is 1. The summed E-state index contributed by atoms with van der Waals surface area (Å²) < 4.78 is 5.56. The smallest absolute Gasteiger partial charge is 0.329 e. The zero-order chi connectivity index (χ0) is 23.8. The SMILES string of the molecule is Cc1cc(C=O)c2[nH]ccc2c1.Cc1cc2c3c(c1)CC(C(=O)OC(C)(C)C)N3C=CN=C2. The second kappa shape index (κ2) is 8.70. The number of esters is 1. The number of anilines is 1. The van der Waals surface area contributed by atoms with E-state index in [4.69, 9.17) is 4.74 Å². The summed E-state index contributed by atoms with van der Waals surface area (Å²) in [5, 5.41) is 1.09. The summed E-state index contributed by atoms with van der Waals surface area (Å²) in [5.74, 6) is -0.186. The quantitative estimate of drug-likeness (QED) is 0.433. The van der Waals surface area contributed by atoms with Gasteiger partial charge in [0, 0.05) is 47.7 Å². The van der Waals surface area contributed by atoms with Crippen LogP contribution < -0.4 is 4.90 Å². The van der Waals surface area contributed by atoms with Crippen molar-refractivity contribution in [3.63, 3.8) is 0 Å². The van der Waals surface area contributed by atoms with E-state index in [0.29, 0.717) is 6.42 Å². The van der Waals surface area contributed by atoms with Crippen molar-refractivity contribution in [2.45, 2.75) is 52.7 Å². The number of carbonyl (C=O) groups is 2. The first-order valence-corrected chi connectivity index (χ1v) is 11.0. The van der Waals surface area contributed by atoms with Gasteiger partial charge in [-0.1, -0.05) is 11.6 Å². The molecule has 0 fully saturated rings. The molecule has 0 amide bonds. The molecule has 1 unspecified atom stereocenters. The molecule has 3 heterocycles. The fourth-order valence-corrected chi connectivity index (χ4v) is 4.34. The highest BCUT2D eigenvalue weighted by Gasteiger charge is 2.38. The van der Waals surface area contributed by atoms with E-state index in [9.17, 15) is 9.59 Å².